The summed E-state index contributed by atoms with van der Waals surface area (Å²) in [6, 6.07) is 14.5. The lowest BCUT2D eigenvalue weighted by Crippen LogP contribution is -2.14. The fourth-order valence-electron chi connectivity index (χ4n) is 2.62. The smallest absolute Gasteiger partial charge is 0.122 e. The van der Waals surface area contributed by atoms with Crippen molar-refractivity contribution in [3.05, 3.63) is 59.2 Å². The van der Waals surface area contributed by atoms with Crippen LogP contribution < -0.4 is 4.74 Å². The lowest BCUT2D eigenvalue weighted by molar-refractivity contribution is 0.199. The van der Waals surface area contributed by atoms with Crippen molar-refractivity contribution in [1.29, 1.82) is 0 Å². The van der Waals surface area contributed by atoms with Gasteiger partial charge in [-0.2, -0.15) is 0 Å². The number of aryl methyl sites for hydroxylation is 1. The lowest BCUT2D eigenvalue weighted by Gasteiger charge is -2.14. The van der Waals surface area contributed by atoms with Crippen molar-refractivity contribution in [2.75, 3.05) is 6.61 Å². The molecule has 0 aliphatic carbocycles. The Bertz CT molecular complexity index is 612. The van der Waals surface area contributed by atoms with Crippen LogP contribution in [0.5, 0.6) is 5.75 Å². The zero-order valence-electron chi connectivity index (χ0n) is 12.4. The van der Waals surface area contributed by atoms with Crippen LogP contribution in [0, 0.1) is 6.92 Å². The van der Waals surface area contributed by atoms with Gasteiger partial charge < -0.3 is 9.84 Å². The van der Waals surface area contributed by atoms with Crippen LogP contribution in [0.1, 0.15) is 29.7 Å². The van der Waals surface area contributed by atoms with Gasteiger partial charge in [0.15, 0.2) is 0 Å². The van der Waals surface area contributed by atoms with E-state index in [0.29, 0.717) is 11.9 Å². The SMILES string of the molecule is Cc1cc([C@@H](C)O)ccc1OCC1Cc2ccccc2S1. The van der Waals surface area contributed by atoms with Crippen LogP contribution in [0.15, 0.2) is 47.4 Å². The van der Waals surface area contributed by atoms with Gasteiger partial charge in [-0.1, -0.05) is 24.3 Å². The third-order valence-electron chi connectivity index (χ3n) is 3.82. The van der Waals surface area contributed by atoms with Crippen molar-refractivity contribution in [2.45, 2.75) is 36.5 Å². The number of benzene rings is 2. The van der Waals surface area contributed by atoms with E-state index < -0.39 is 6.10 Å². The molecular weight excluding hydrogens is 280 g/mol. The molecule has 1 unspecified atom stereocenters. The summed E-state index contributed by atoms with van der Waals surface area (Å²) < 4.78 is 5.98. The average Bonchev–Trinajstić information content (AvgIpc) is 2.88. The highest BCUT2D eigenvalue weighted by Crippen LogP contribution is 2.37. The molecule has 0 spiro atoms. The first-order valence-corrected chi connectivity index (χ1v) is 8.17. The van der Waals surface area contributed by atoms with Crippen LogP contribution in [0.4, 0.5) is 0 Å². The Hall–Kier alpha value is -1.45. The van der Waals surface area contributed by atoms with Gasteiger partial charge in [-0.05, 0) is 55.2 Å². The van der Waals surface area contributed by atoms with E-state index in [9.17, 15) is 5.11 Å². The van der Waals surface area contributed by atoms with Crippen LogP contribution in [0.3, 0.4) is 0 Å². The van der Waals surface area contributed by atoms with Crippen molar-refractivity contribution in [3.8, 4) is 5.75 Å². The van der Waals surface area contributed by atoms with Crippen molar-refractivity contribution in [1.82, 2.24) is 0 Å². The molecule has 1 heterocycles. The van der Waals surface area contributed by atoms with E-state index in [1.807, 2.05) is 36.9 Å². The Labute approximate surface area is 130 Å². The minimum Gasteiger partial charge on any atom is -0.492 e. The molecule has 1 aliphatic heterocycles. The molecule has 1 aliphatic rings. The molecular formula is C18H20O2S. The van der Waals surface area contributed by atoms with Gasteiger partial charge in [0.1, 0.15) is 12.4 Å². The van der Waals surface area contributed by atoms with Gasteiger partial charge in [-0.3, -0.25) is 0 Å². The fraction of sp³-hybridized carbons (Fsp3) is 0.333. The molecule has 2 aromatic carbocycles. The highest BCUT2D eigenvalue weighted by Gasteiger charge is 2.22. The number of fused-ring (bicyclic) bond motifs is 1. The van der Waals surface area contributed by atoms with Crippen LogP contribution in [0.25, 0.3) is 0 Å². The predicted molar refractivity (Wildman–Crippen MR) is 87.1 cm³/mol. The monoisotopic (exact) mass is 300 g/mol. The molecule has 3 heteroatoms. The van der Waals surface area contributed by atoms with Crippen molar-refractivity contribution >= 4 is 11.8 Å². The Morgan fingerprint density at radius 2 is 2.10 bits per heavy atom. The number of rotatable bonds is 4. The van der Waals surface area contributed by atoms with E-state index in [0.717, 1.165) is 23.3 Å². The Morgan fingerprint density at radius 1 is 1.29 bits per heavy atom. The van der Waals surface area contributed by atoms with Crippen LogP contribution in [0.2, 0.25) is 0 Å². The number of aliphatic hydroxyl groups is 1. The second-order valence-electron chi connectivity index (χ2n) is 5.56. The van der Waals surface area contributed by atoms with Gasteiger partial charge in [0, 0.05) is 10.1 Å². The molecule has 0 radical (unpaired) electrons. The van der Waals surface area contributed by atoms with Crippen molar-refractivity contribution in [3.63, 3.8) is 0 Å². The number of thioether (sulfide) groups is 1. The minimum absolute atomic E-state index is 0.433. The molecule has 2 aromatic rings. The van der Waals surface area contributed by atoms with Gasteiger partial charge in [0.2, 0.25) is 0 Å². The lowest BCUT2D eigenvalue weighted by atomic mass is 10.1. The van der Waals surface area contributed by atoms with Crippen LogP contribution in [-0.2, 0) is 6.42 Å². The highest BCUT2D eigenvalue weighted by molar-refractivity contribution is 8.00. The second-order valence-corrected chi connectivity index (χ2v) is 6.91. The Morgan fingerprint density at radius 3 is 2.81 bits per heavy atom. The fourth-order valence-corrected chi connectivity index (χ4v) is 3.84. The molecule has 110 valence electrons. The quantitative estimate of drug-likeness (QED) is 0.920. The molecule has 2 atom stereocenters. The van der Waals surface area contributed by atoms with Crippen LogP contribution in [-0.4, -0.2) is 17.0 Å². The van der Waals surface area contributed by atoms with E-state index in [1.54, 1.807) is 6.92 Å². The summed E-state index contributed by atoms with van der Waals surface area (Å²) in [4.78, 5) is 1.38. The molecule has 0 saturated heterocycles. The predicted octanol–water partition coefficient (Wildman–Crippen LogP) is 4.14. The number of hydrogen-bond donors (Lipinski definition) is 1. The molecule has 2 nitrogen and oxygen atoms in total. The highest BCUT2D eigenvalue weighted by atomic mass is 32.2. The summed E-state index contributed by atoms with van der Waals surface area (Å²) in [5.41, 5.74) is 3.44. The van der Waals surface area contributed by atoms with E-state index >= 15 is 0 Å². The average molecular weight is 300 g/mol. The second kappa shape index (κ2) is 6.12. The summed E-state index contributed by atoms with van der Waals surface area (Å²) in [6.07, 6.45) is 0.642. The first-order valence-electron chi connectivity index (χ1n) is 7.29. The summed E-state index contributed by atoms with van der Waals surface area (Å²) in [5, 5.41) is 10.1. The maximum absolute atomic E-state index is 9.60. The zero-order valence-corrected chi connectivity index (χ0v) is 13.2. The van der Waals surface area contributed by atoms with Gasteiger partial charge in [-0.15, -0.1) is 11.8 Å². The molecule has 3 rings (SSSR count). The Balaban J connectivity index is 1.62. The van der Waals surface area contributed by atoms with Crippen LogP contribution >= 0.6 is 11.8 Å². The van der Waals surface area contributed by atoms with E-state index in [4.69, 9.17) is 4.74 Å². The third-order valence-corrected chi connectivity index (χ3v) is 5.11. The minimum atomic E-state index is -0.433. The maximum atomic E-state index is 9.60. The first kappa shape index (κ1) is 14.5. The molecule has 1 N–H and O–H groups in total. The molecule has 0 saturated carbocycles. The van der Waals surface area contributed by atoms with Crippen molar-refractivity contribution < 1.29 is 9.84 Å². The molecule has 0 amide bonds. The topological polar surface area (TPSA) is 29.5 Å². The normalized spacial score (nSPS) is 18.3. The third kappa shape index (κ3) is 3.25. The first-order chi connectivity index (χ1) is 10.1. The van der Waals surface area contributed by atoms with Gasteiger partial charge in [0.25, 0.3) is 0 Å². The summed E-state index contributed by atoms with van der Waals surface area (Å²) >= 11 is 1.90. The van der Waals surface area contributed by atoms with Crippen molar-refractivity contribution in [2.24, 2.45) is 0 Å². The van der Waals surface area contributed by atoms with Gasteiger partial charge in [0.05, 0.1) is 6.10 Å². The summed E-state index contributed by atoms with van der Waals surface area (Å²) in [5.74, 6) is 0.913. The largest absolute Gasteiger partial charge is 0.492 e. The molecule has 0 aromatic heterocycles. The molecule has 21 heavy (non-hydrogen) atoms. The Kier molecular flexibility index (Phi) is 4.22. The van der Waals surface area contributed by atoms with Gasteiger partial charge >= 0.3 is 0 Å². The zero-order chi connectivity index (χ0) is 14.8. The van der Waals surface area contributed by atoms with E-state index in [1.165, 1.54) is 10.5 Å². The number of ether oxygens (including phenoxy) is 1. The summed E-state index contributed by atoms with van der Waals surface area (Å²) in [7, 11) is 0. The standard InChI is InChI=1S/C18H20O2S/c1-12-9-14(13(2)19)7-8-17(12)20-11-16-10-15-5-3-4-6-18(15)21-16/h3-9,13,16,19H,10-11H2,1-2H3/t13-,16?/m1/s1. The molecule has 0 fully saturated rings. The van der Waals surface area contributed by atoms with Gasteiger partial charge in [-0.25, -0.2) is 0 Å². The maximum Gasteiger partial charge on any atom is 0.122 e. The van der Waals surface area contributed by atoms with E-state index in [2.05, 4.69) is 24.3 Å². The molecule has 0 bridgehead atoms. The summed E-state index contributed by atoms with van der Waals surface area (Å²) in [6.45, 7) is 4.52. The van der Waals surface area contributed by atoms with E-state index in [-0.39, 0.29) is 0 Å². The number of hydrogen-bond acceptors (Lipinski definition) is 3. The number of aliphatic hydroxyl groups excluding tert-OH is 1.